The maximum absolute atomic E-state index is 13.0. The number of hydrogen-bond acceptors (Lipinski definition) is 3. The Hall–Kier alpha value is -1.17. The van der Waals surface area contributed by atoms with E-state index in [9.17, 15) is 9.59 Å². The van der Waals surface area contributed by atoms with Gasteiger partial charge in [0, 0.05) is 13.1 Å². The van der Waals surface area contributed by atoms with Crippen LogP contribution in [0.5, 0.6) is 0 Å². The van der Waals surface area contributed by atoms with E-state index in [1.165, 1.54) is 0 Å². The average molecular weight is 313 g/mol. The second kappa shape index (κ2) is 8.32. The minimum Gasteiger partial charge on any atom is -0.392 e. The molecule has 1 fully saturated rings. The number of likely N-dealkylation sites (N-methyl/N-ethyl adjacent to an activating group) is 2. The van der Waals surface area contributed by atoms with Crippen LogP contribution in [0.4, 0.5) is 0 Å². The van der Waals surface area contributed by atoms with Gasteiger partial charge in [0.2, 0.25) is 11.8 Å². The normalized spacial score (nSPS) is 17.6. The maximum Gasteiger partial charge on any atom is 0.239 e. The predicted molar refractivity (Wildman–Crippen MR) is 87.9 cm³/mol. The molecule has 0 radical (unpaired) electrons. The van der Waals surface area contributed by atoms with Crippen LogP contribution < -0.4 is 11.1 Å². The zero-order chi connectivity index (χ0) is 15.9. The smallest absolute Gasteiger partial charge is 0.239 e. The third-order valence-corrected chi connectivity index (χ3v) is 4.61. The highest BCUT2D eigenvalue weighted by atomic mass is 32.1. The van der Waals surface area contributed by atoms with Crippen LogP contribution in [0, 0.1) is 5.41 Å². The fraction of sp³-hybridized carbons (Fsp3) is 0.800. The van der Waals surface area contributed by atoms with Crippen LogP contribution in [0.15, 0.2) is 0 Å². The summed E-state index contributed by atoms with van der Waals surface area (Å²) in [4.78, 5) is 26.6. The zero-order valence-corrected chi connectivity index (χ0v) is 13.9. The summed E-state index contributed by atoms with van der Waals surface area (Å²) >= 11 is 5.23. The van der Waals surface area contributed by atoms with E-state index < -0.39 is 5.41 Å². The van der Waals surface area contributed by atoms with E-state index in [-0.39, 0.29) is 23.3 Å². The van der Waals surface area contributed by atoms with E-state index in [1.807, 2.05) is 13.8 Å². The van der Waals surface area contributed by atoms with E-state index in [4.69, 9.17) is 18.0 Å². The number of nitrogens with two attached hydrogens (primary N) is 1. The molecule has 1 aliphatic carbocycles. The molecule has 5 nitrogen and oxygen atoms in total. The van der Waals surface area contributed by atoms with Crippen LogP contribution >= 0.6 is 12.2 Å². The summed E-state index contributed by atoms with van der Waals surface area (Å²) in [6.07, 6.45) is 5.55. The first-order valence-corrected chi connectivity index (χ1v) is 8.24. The Kier molecular flexibility index (Phi) is 7.08. The van der Waals surface area contributed by atoms with Crippen molar-refractivity contribution in [2.24, 2.45) is 11.1 Å². The van der Waals surface area contributed by atoms with E-state index in [2.05, 4.69) is 5.32 Å². The van der Waals surface area contributed by atoms with Crippen molar-refractivity contribution >= 4 is 29.0 Å². The summed E-state index contributed by atoms with van der Waals surface area (Å²) in [5, 5.41) is 2.73. The second-order valence-corrected chi connectivity index (χ2v) is 6.07. The van der Waals surface area contributed by atoms with Gasteiger partial charge < -0.3 is 16.0 Å². The molecule has 1 aliphatic rings. The highest BCUT2D eigenvalue weighted by Crippen LogP contribution is 2.37. The average Bonchev–Trinajstić information content (AvgIpc) is 2.71. The van der Waals surface area contributed by atoms with E-state index in [0.717, 1.165) is 25.7 Å². The van der Waals surface area contributed by atoms with E-state index in [1.54, 1.807) is 4.90 Å². The third-order valence-electron chi connectivity index (χ3n) is 4.22. The highest BCUT2D eigenvalue weighted by molar-refractivity contribution is 7.80. The van der Waals surface area contributed by atoms with Gasteiger partial charge in [-0.15, -0.1) is 0 Å². The zero-order valence-electron chi connectivity index (χ0n) is 13.1. The molecule has 2 amide bonds. The van der Waals surface area contributed by atoms with Crippen molar-refractivity contribution in [2.45, 2.75) is 52.4 Å². The molecular formula is C15H27N3O2S. The van der Waals surface area contributed by atoms with Crippen LogP contribution in [-0.4, -0.2) is 41.3 Å². The molecule has 0 aromatic heterocycles. The van der Waals surface area contributed by atoms with Crippen molar-refractivity contribution in [3.05, 3.63) is 0 Å². The minimum atomic E-state index is -0.756. The predicted octanol–water partition coefficient (Wildman–Crippen LogP) is 1.60. The largest absolute Gasteiger partial charge is 0.392 e. The standard InChI is InChI=1S/C15H27N3O2S/c1-3-17-12(19)11-18(4-2)14(20)15(13(16)21)9-7-5-6-8-10-15/h3-11H2,1-2H3,(H2,16,21)(H,17,19). The molecule has 21 heavy (non-hydrogen) atoms. The fourth-order valence-electron chi connectivity index (χ4n) is 2.95. The first-order chi connectivity index (χ1) is 9.97. The molecule has 0 atom stereocenters. The molecule has 0 saturated heterocycles. The van der Waals surface area contributed by atoms with Gasteiger partial charge in [0.15, 0.2) is 0 Å². The number of amides is 2. The van der Waals surface area contributed by atoms with Crippen molar-refractivity contribution in [3.63, 3.8) is 0 Å². The second-order valence-electron chi connectivity index (χ2n) is 5.63. The number of hydrogen-bond donors (Lipinski definition) is 2. The molecule has 0 bridgehead atoms. The topological polar surface area (TPSA) is 75.4 Å². The Morgan fingerprint density at radius 2 is 1.76 bits per heavy atom. The first-order valence-electron chi connectivity index (χ1n) is 7.84. The van der Waals surface area contributed by atoms with Gasteiger partial charge in [-0.05, 0) is 26.7 Å². The molecular weight excluding hydrogens is 286 g/mol. The maximum atomic E-state index is 13.0. The summed E-state index contributed by atoms with van der Waals surface area (Å²) in [5.74, 6) is -0.218. The first kappa shape index (κ1) is 17.9. The highest BCUT2D eigenvalue weighted by Gasteiger charge is 2.43. The van der Waals surface area contributed by atoms with Crippen LogP contribution in [0.1, 0.15) is 52.4 Å². The number of rotatable bonds is 6. The van der Waals surface area contributed by atoms with Crippen molar-refractivity contribution < 1.29 is 9.59 Å². The molecule has 0 aliphatic heterocycles. The Balaban J connectivity index is 2.91. The van der Waals surface area contributed by atoms with Gasteiger partial charge in [-0.2, -0.15) is 0 Å². The lowest BCUT2D eigenvalue weighted by Gasteiger charge is -2.35. The van der Waals surface area contributed by atoms with Gasteiger partial charge in [-0.3, -0.25) is 9.59 Å². The molecule has 0 unspecified atom stereocenters. The van der Waals surface area contributed by atoms with Gasteiger partial charge in [0.25, 0.3) is 0 Å². The molecule has 1 rings (SSSR count). The Morgan fingerprint density at radius 1 is 1.19 bits per heavy atom. The van der Waals surface area contributed by atoms with Gasteiger partial charge in [0.1, 0.15) is 0 Å². The molecule has 0 spiro atoms. The molecule has 6 heteroatoms. The van der Waals surface area contributed by atoms with E-state index >= 15 is 0 Å². The Labute approximate surface area is 132 Å². The lowest BCUT2D eigenvalue weighted by molar-refractivity contribution is -0.142. The monoisotopic (exact) mass is 313 g/mol. The van der Waals surface area contributed by atoms with Crippen molar-refractivity contribution in [3.8, 4) is 0 Å². The number of carbonyl (C=O) groups excluding carboxylic acids is 2. The number of nitrogens with one attached hydrogen (secondary N) is 1. The van der Waals surface area contributed by atoms with Gasteiger partial charge >= 0.3 is 0 Å². The lowest BCUT2D eigenvalue weighted by atomic mass is 9.78. The SMILES string of the molecule is CCNC(=O)CN(CC)C(=O)C1(C(N)=S)CCCCCC1. The molecule has 0 aromatic rings. The molecule has 120 valence electrons. The third kappa shape index (κ3) is 4.40. The summed E-state index contributed by atoms with van der Waals surface area (Å²) in [7, 11) is 0. The van der Waals surface area contributed by atoms with Gasteiger partial charge in [-0.25, -0.2) is 0 Å². The quantitative estimate of drug-likeness (QED) is 0.577. The van der Waals surface area contributed by atoms with Crippen LogP contribution in [-0.2, 0) is 9.59 Å². The molecule has 0 heterocycles. The Bertz CT molecular complexity index is 390. The molecule has 1 saturated carbocycles. The number of thiocarbonyl (C=S) groups is 1. The van der Waals surface area contributed by atoms with Crippen molar-refractivity contribution in [1.29, 1.82) is 0 Å². The van der Waals surface area contributed by atoms with Crippen LogP contribution in [0.25, 0.3) is 0 Å². The lowest BCUT2D eigenvalue weighted by Crippen LogP contribution is -2.52. The summed E-state index contributed by atoms with van der Waals surface area (Å²) < 4.78 is 0. The van der Waals surface area contributed by atoms with Gasteiger partial charge in [0.05, 0.1) is 16.9 Å². The van der Waals surface area contributed by atoms with E-state index in [0.29, 0.717) is 25.9 Å². The minimum absolute atomic E-state index is 0.0769. The van der Waals surface area contributed by atoms with Crippen molar-refractivity contribution in [1.82, 2.24) is 10.2 Å². The van der Waals surface area contributed by atoms with Crippen LogP contribution in [0.2, 0.25) is 0 Å². The molecule has 3 N–H and O–H groups in total. The van der Waals surface area contributed by atoms with Gasteiger partial charge in [-0.1, -0.05) is 37.9 Å². The fourth-order valence-corrected chi connectivity index (χ4v) is 3.25. The number of nitrogens with zero attached hydrogens (tertiary/aromatic N) is 1. The molecule has 0 aromatic carbocycles. The summed E-state index contributed by atoms with van der Waals surface area (Å²) in [5.41, 5.74) is 5.18. The Morgan fingerprint density at radius 3 is 2.19 bits per heavy atom. The summed E-state index contributed by atoms with van der Waals surface area (Å²) in [6, 6.07) is 0. The van der Waals surface area contributed by atoms with Crippen molar-refractivity contribution in [2.75, 3.05) is 19.6 Å². The number of carbonyl (C=O) groups is 2. The van der Waals surface area contributed by atoms with Crippen LogP contribution in [0.3, 0.4) is 0 Å². The summed E-state index contributed by atoms with van der Waals surface area (Å²) in [6.45, 7) is 4.86.